The van der Waals surface area contributed by atoms with E-state index >= 15 is 9.59 Å². The van der Waals surface area contributed by atoms with Crippen LogP contribution in [-0.2, 0) is 54.7 Å². The Labute approximate surface area is 382 Å². The van der Waals surface area contributed by atoms with Crippen LogP contribution in [0.3, 0.4) is 0 Å². The van der Waals surface area contributed by atoms with Crippen molar-refractivity contribution >= 4 is 59.1 Å². The van der Waals surface area contributed by atoms with Gasteiger partial charge in [0.1, 0.15) is 24.2 Å². The zero-order chi connectivity index (χ0) is 46.0. The molecule has 2 fully saturated rings. The molecule has 0 radical (unpaired) electrons. The minimum atomic E-state index is -1.22. The maximum atomic E-state index is 15.2. The van der Waals surface area contributed by atoms with Crippen molar-refractivity contribution in [3.05, 3.63) is 144 Å². The Morgan fingerprint density at radius 1 is 0.531 bits per heavy atom. The number of amides is 4. The number of hydrogen-bond donors (Lipinski definition) is 6. The number of aliphatic carboxylic acids is 2. The van der Waals surface area contributed by atoms with E-state index in [1.807, 2.05) is 121 Å². The van der Waals surface area contributed by atoms with Gasteiger partial charge >= 0.3 is 11.9 Å². The van der Waals surface area contributed by atoms with Gasteiger partial charge in [-0.15, -0.1) is 23.5 Å². The predicted molar refractivity (Wildman–Crippen MR) is 248 cm³/mol. The maximum Gasteiger partial charge on any atom is 0.322 e. The number of benzene rings is 4. The van der Waals surface area contributed by atoms with Gasteiger partial charge in [-0.25, -0.2) is 0 Å². The van der Waals surface area contributed by atoms with Crippen molar-refractivity contribution in [1.29, 1.82) is 0 Å². The molecule has 0 spiro atoms. The molecule has 4 aromatic carbocycles. The average Bonchev–Trinajstić information content (AvgIpc) is 3.77. The van der Waals surface area contributed by atoms with Gasteiger partial charge < -0.3 is 30.6 Å². The number of nitrogens with one attached hydrogen (secondary N) is 4. The third kappa shape index (κ3) is 12.5. The van der Waals surface area contributed by atoms with Crippen LogP contribution in [0.2, 0.25) is 0 Å². The van der Waals surface area contributed by atoms with Gasteiger partial charge in [-0.1, -0.05) is 121 Å². The number of thioether (sulfide) groups is 2. The fourth-order valence-corrected chi connectivity index (χ4v) is 10.9. The molecule has 14 nitrogen and oxygen atoms in total. The third-order valence-electron chi connectivity index (χ3n) is 11.3. The van der Waals surface area contributed by atoms with E-state index < -0.39 is 80.0 Å². The fraction of sp³-hybridized carbons (Fsp3) is 0.375. The van der Waals surface area contributed by atoms with E-state index in [0.717, 1.165) is 22.3 Å². The summed E-state index contributed by atoms with van der Waals surface area (Å²) in [5.74, 6) is -4.01. The molecule has 0 aromatic heterocycles. The largest absolute Gasteiger partial charge is 0.480 e. The van der Waals surface area contributed by atoms with Crippen molar-refractivity contribution in [1.82, 2.24) is 31.1 Å². The lowest BCUT2D eigenvalue weighted by atomic mass is 10.0. The number of rotatable bonds is 19. The Hall–Kier alpha value is -5.68. The van der Waals surface area contributed by atoms with Gasteiger partial charge in [0.25, 0.3) is 0 Å². The van der Waals surface area contributed by atoms with Crippen LogP contribution in [0.4, 0.5) is 0 Å². The number of carboxylic acid groups (broad SMARTS) is 2. The summed E-state index contributed by atoms with van der Waals surface area (Å²) < 4.78 is -1.69. The Balaban J connectivity index is 1.34. The monoisotopic (exact) mass is 908 g/mol. The number of carboxylic acids is 2. The first-order valence-corrected chi connectivity index (χ1v) is 22.9. The molecule has 4 aromatic rings. The maximum absolute atomic E-state index is 15.2. The van der Waals surface area contributed by atoms with Crippen molar-refractivity contribution in [3.8, 4) is 0 Å². The number of carbonyl (C=O) groups excluding carboxylic acids is 4. The van der Waals surface area contributed by atoms with Gasteiger partial charge in [-0.05, 0) is 49.9 Å². The van der Waals surface area contributed by atoms with Gasteiger partial charge in [0.15, 0.2) is 0 Å². The number of carbonyl (C=O) groups is 6. The molecule has 2 saturated heterocycles. The van der Waals surface area contributed by atoms with Gasteiger partial charge in [0.05, 0.1) is 23.6 Å². The molecule has 2 heterocycles. The summed E-state index contributed by atoms with van der Waals surface area (Å²) in [4.78, 5) is 85.8. The van der Waals surface area contributed by atoms with E-state index in [9.17, 15) is 29.4 Å². The Kier molecular flexibility index (Phi) is 15.9. The molecule has 64 heavy (non-hydrogen) atoms. The van der Waals surface area contributed by atoms with E-state index in [4.69, 9.17) is 0 Å². The molecule has 2 aliphatic heterocycles. The Bertz CT molecular complexity index is 2090. The topological polar surface area (TPSA) is 197 Å². The highest BCUT2D eigenvalue weighted by atomic mass is 32.2. The summed E-state index contributed by atoms with van der Waals surface area (Å²) in [5, 5.41) is 30.8. The lowest BCUT2D eigenvalue weighted by molar-refractivity contribution is -0.142. The molecular weight excluding hydrogens is 853 g/mol. The van der Waals surface area contributed by atoms with E-state index in [1.54, 1.807) is 37.5 Å². The minimum Gasteiger partial charge on any atom is -0.480 e. The van der Waals surface area contributed by atoms with Crippen LogP contribution in [0.1, 0.15) is 49.9 Å². The van der Waals surface area contributed by atoms with Crippen LogP contribution in [-0.4, -0.2) is 113 Å². The summed E-state index contributed by atoms with van der Waals surface area (Å²) in [6.07, 6.45) is -0.0358. The number of hydrogen-bond acceptors (Lipinski definition) is 10. The molecule has 16 heteroatoms. The quantitative estimate of drug-likeness (QED) is 0.0783. The Morgan fingerprint density at radius 3 is 1.11 bits per heavy atom. The van der Waals surface area contributed by atoms with Crippen molar-refractivity contribution in [3.63, 3.8) is 0 Å². The van der Waals surface area contributed by atoms with E-state index in [1.165, 1.54) is 23.5 Å². The SMILES string of the molecule is CC1(C)S[C@H]([C@H](NC(=O)Cc2ccccc2)C(=O)N(CCN(Cc2ccccc2)C(=O)[C@@H](NC(=O)Cc2ccccc2)[C@@H]2N[C@@H](C(=O)O)C(C)(C)S2)Cc2ccccc2)N[C@H]1C(=O)O. The molecule has 0 unspecified atom stereocenters. The molecular formula is C48H56N6O8S2. The van der Waals surface area contributed by atoms with Crippen molar-refractivity contribution < 1.29 is 39.0 Å². The molecule has 2 aliphatic rings. The molecule has 6 N–H and O–H groups in total. The standard InChI is InChI=1S/C48H56N6O8S2/c1-47(2)39(45(59)60)51-41(63-47)37(49-35(55)27-31-17-9-5-10-18-31)43(57)53(29-33-21-13-7-14-22-33)25-26-54(30-34-23-15-8-16-24-34)44(58)38(42-52-40(46(61)62)48(3,4)64-42)50-36(56)28-32-19-11-6-12-20-32/h5-24,37-42,51-52H,25-30H2,1-4H3,(H,49,55)(H,50,56)(H,59,60)(H,61,62)/t37-,38-,39-,40-,41+,42+/m0/s1. The van der Waals surface area contributed by atoms with E-state index in [0.29, 0.717) is 0 Å². The van der Waals surface area contributed by atoms with Crippen molar-refractivity contribution in [2.24, 2.45) is 0 Å². The van der Waals surface area contributed by atoms with Crippen LogP contribution in [0.5, 0.6) is 0 Å². The van der Waals surface area contributed by atoms with E-state index in [2.05, 4.69) is 21.3 Å². The van der Waals surface area contributed by atoms with Crippen LogP contribution in [0.15, 0.2) is 121 Å². The van der Waals surface area contributed by atoms with Crippen LogP contribution < -0.4 is 21.3 Å². The molecule has 6 rings (SSSR count). The molecule has 0 bridgehead atoms. The first-order chi connectivity index (χ1) is 30.5. The summed E-state index contributed by atoms with van der Waals surface area (Å²) in [5.41, 5.74) is 3.02. The van der Waals surface area contributed by atoms with E-state index in [-0.39, 0.29) is 39.0 Å². The van der Waals surface area contributed by atoms with Crippen molar-refractivity contribution in [2.75, 3.05) is 13.1 Å². The van der Waals surface area contributed by atoms with Gasteiger partial charge in [-0.3, -0.25) is 39.4 Å². The van der Waals surface area contributed by atoms with Gasteiger partial charge in [0.2, 0.25) is 23.6 Å². The molecule has 4 amide bonds. The van der Waals surface area contributed by atoms with Gasteiger partial charge in [0, 0.05) is 35.7 Å². The lowest BCUT2D eigenvalue weighted by Crippen LogP contribution is -2.59. The summed E-state index contributed by atoms with van der Waals surface area (Å²) >= 11 is 2.52. The van der Waals surface area contributed by atoms with Crippen LogP contribution in [0, 0.1) is 0 Å². The smallest absolute Gasteiger partial charge is 0.322 e. The average molecular weight is 909 g/mol. The Morgan fingerprint density at radius 2 is 0.828 bits per heavy atom. The minimum absolute atomic E-state index is 0.0179. The summed E-state index contributed by atoms with van der Waals surface area (Å²) in [6, 6.07) is 32.2. The highest BCUT2D eigenvalue weighted by Gasteiger charge is 2.51. The second-order valence-electron chi connectivity index (χ2n) is 17.1. The molecule has 0 aliphatic carbocycles. The molecule has 0 saturated carbocycles. The van der Waals surface area contributed by atoms with Gasteiger partial charge in [-0.2, -0.15) is 0 Å². The predicted octanol–water partition coefficient (Wildman–Crippen LogP) is 4.29. The first-order valence-electron chi connectivity index (χ1n) is 21.2. The summed E-state index contributed by atoms with van der Waals surface area (Å²) in [6.45, 7) is 7.23. The molecule has 6 atom stereocenters. The second-order valence-corrected chi connectivity index (χ2v) is 20.7. The number of nitrogens with zero attached hydrogens (tertiary/aromatic N) is 2. The van der Waals surface area contributed by atoms with Crippen LogP contribution >= 0.6 is 23.5 Å². The highest BCUT2D eigenvalue weighted by Crippen LogP contribution is 2.41. The van der Waals surface area contributed by atoms with Crippen molar-refractivity contribution in [2.45, 2.75) is 98.0 Å². The summed E-state index contributed by atoms with van der Waals surface area (Å²) in [7, 11) is 0. The first kappa shape index (κ1) is 47.8. The van der Waals surface area contributed by atoms with Crippen LogP contribution in [0.25, 0.3) is 0 Å². The fourth-order valence-electron chi connectivity index (χ4n) is 7.98. The normalized spacial score (nSPS) is 20.6. The second kappa shape index (κ2) is 21.3. The third-order valence-corrected chi connectivity index (χ3v) is 14.3. The zero-order valence-electron chi connectivity index (χ0n) is 36.3. The lowest BCUT2D eigenvalue weighted by Gasteiger charge is -2.35. The molecule has 338 valence electrons. The zero-order valence-corrected chi connectivity index (χ0v) is 37.9. The highest BCUT2D eigenvalue weighted by molar-refractivity contribution is 8.01.